The van der Waals surface area contributed by atoms with Crippen molar-refractivity contribution in [1.29, 1.82) is 0 Å². The molecule has 1 aliphatic heterocycles. The average molecular weight is 484 g/mol. The third-order valence-electron chi connectivity index (χ3n) is 4.82. The van der Waals surface area contributed by atoms with Gasteiger partial charge in [0.15, 0.2) is 5.69 Å². The van der Waals surface area contributed by atoms with Crippen LogP contribution in [0, 0.1) is 0 Å². The van der Waals surface area contributed by atoms with E-state index in [9.17, 15) is 22.8 Å². The normalized spacial score (nSPS) is 15.7. The quantitative estimate of drug-likeness (QED) is 0.593. The van der Waals surface area contributed by atoms with Crippen LogP contribution in [0.3, 0.4) is 0 Å². The van der Waals surface area contributed by atoms with Crippen molar-refractivity contribution in [3.8, 4) is 0 Å². The van der Waals surface area contributed by atoms with Gasteiger partial charge in [-0.15, -0.1) is 0 Å². The van der Waals surface area contributed by atoms with E-state index in [2.05, 4.69) is 15.4 Å². The molecule has 32 heavy (non-hydrogen) atoms. The van der Waals surface area contributed by atoms with Crippen LogP contribution in [0.4, 0.5) is 24.5 Å². The Balaban J connectivity index is 0.00000289. The van der Waals surface area contributed by atoms with E-state index in [-0.39, 0.29) is 43.2 Å². The number of hydrogen-bond acceptors (Lipinski definition) is 4. The van der Waals surface area contributed by atoms with Crippen LogP contribution in [0.2, 0.25) is 5.02 Å². The Hall–Kier alpha value is -3.05. The monoisotopic (exact) mass is 483 g/mol. The molecular weight excluding hydrogens is 467 g/mol. The Morgan fingerprint density at radius 2 is 1.84 bits per heavy atom. The maximum Gasteiger partial charge on any atom is 0.416 e. The summed E-state index contributed by atoms with van der Waals surface area (Å²) in [6.07, 6.45) is -1.79. The van der Waals surface area contributed by atoms with E-state index < -0.39 is 23.6 Å². The lowest BCUT2D eigenvalue weighted by molar-refractivity contribution is -0.137. The molecule has 168 valence electrons. The molecule has 2 aromatic heterocycles. The number of carbonyl (C=O) groups excluding carboxylic acids is 2. The molecule has 0 bridgehead atoms. The minimum atomic E-state index is -4.47. The summed E-state index contributed by atoms with van der Waals surface area (Å²) in [6.45, 7) is 2.03. The van der Waals surface area contributed by atoms with Crippen LogP contribution in [0.5, 0.6) is 0 Å². The molecule has 12 heteroatoms. The summed E-state index contributed by atoms with van der Waals surface area (Å²) in [5, 5.41) is 7.17. The molecule has 1 aliphatic rings. The Labute approximate surface area is 192 Å². The standard InChI is InChI=1S/C20H15ClF3N5O2.H2S/c1-11-10-28(14-5-2-12(3-6-14)20(22,23)24)19(31)17-16(9-26-29(11)17)27-18(30)15-7-4-13(21)8-25-15;/h2-9,11H,10H2,1H3,(H,27,30);1H2/t11-;/m0./s1. The molecule has 0 saturated carbocycles. The third-order valence-corrected chi connectivity index (χ3v) is 5.05. The van der Waals surface area contributed by atoms with Crippen molar-refractivity contribution in [3.05, 3.63) is 70.8 Å². The van der Waals surface area contributed by atoms with Gasteiger partial charge in [0.1, 0.15) is 5.69 Å². The second kappa shape index (κ2) is 8.83. The number of alkyl halides is 3. The highest BCUT2D eigenvalue weighted by Crippen LogP contribution is 2.33. The molecule has 0 spiro atoms. The first kappa shape index (κ1) is 23.6. The fourth-order valence-electron chi connectivity index (χ4n) is 3.30. The molecule has 3 aromatic rings. The summed E-state index contributed by atoms with van der Waals surface area (Å²) in [7, 11) is 0. The fraction of sp³-hybridized carbons (Fsp3) is 0.200. The highest BCUT2D eigenvalue weighted by molar-refractivity contribution is 7.59. The van der Waals surface area contributed by atoms with E-state index in [0.29, 0.717) is 10.7 Å². The number of anilines is 2. The zero-order valence-electron chi connectivity index (χ0n) is 16.5. The maximum absolute atomic E-state index is 13.1. The number of nitrogens with one attached hydrogen (secondary N) is 1. The van der Waals surface area contributed by atoms with Gasteiger partial charge in [-0.1, -0.05) is 11.6 Å². The van der Waals surface area contributed by atoms with Crippen molar-refractivity contribution in [2.24, 2.45) is 0 Å². The summed E-state index contributed by atoms with van der Waals surface area (Å²) in [4.78, 5) is 30.9. The van der Waals surface area contributed by atoms with Crippen LogP contribution in [0.15, 0.2) is 48.8 Å². The van der Waals surface area contributed by atoms with Gasteiger partial charge in [0.2, 0.25) is 0 Å². The maximum atomic E-state index is 13.1. The van der Waals surface area contributed by atoms with Crippen molar-refractivity contribution in [2.45, 2.75) is 19.1 Å². The first-order valence-electron chi connectivity index (χ1n) is 9.14. The zero-order chi connectivity index (χ0) is 22.3. The first-order valence-corrected chi connectivity index (χ1v) is 9.52. The smallest absolute Gasteiger partial charge is 0.317 e. The highest BCUT2D eigenvalue weighted by Gasteiger charge is 2.35. The lowest BCUT2D eigenvalue weighted by atomic mass is 10.1. The van der Waals surface area contributed by atoms with Crippen molar-refractivity contribution in [1.82, 2.24) is 14.8 Å². The van der Waals surface area contributed by atoms with Crippen LogP contribution in [0.1, 0.15) is 39.5 Å². The van der Waals surface area contributed by atoms with Crippen LogP contribution >= 0.6 is 25.1 Å². The largest absolute Gasteiger partial charge is 0.416 e. The second-order valence-electron chi connectivity index (χ2n) is 6.98. The van der Waals surface area contributed by atoms with Gasteiger partial charge in [0, 0.05) is 18.4 Å². The average Bonchev–Trinajstić information content (AvgIpc) is 3.15. The van der Waals surface area contributed by atoms with Gasteiger partial charge >= 0.3 is 6.18 Å². The van der Waals surface area contributed by atoms with Crippen LogP contribution in [-0.4, -0.2) is 33.1 Å². The lowest BCUT2D eigenvalue weighted by Crippen LogP contribution is -2.43. The number of amides is 2. The van der Waals surface area contributed by atoms with Crippen LogP contribution in [0.25, 0.3) is 0 Å². The lowest BCUT2D eigenvalue weighted by Gasteiger charge is -2.32. The number of halogens is 4. The Bertz CT molecular complexity index is 1150. The zero-order valence-corrected chi connectivity index (χ0v) is 18.3. The van der Waals surface area contributed by atoms with Crippen molar-refractivity contribution in [2.75, 3.05) is 16.8 Å². The third kappa shape index (κ3) is 4.44. The molecule has 0 radical (unpaired) electrons. The molecule has 0 fully saturated rings. The number of hydrogen-bond donors (Lipinski definition) is 1. The molecule has 0 saturated heterocycles. The topological polar surface area (TPSA) is 80.1 Å². The van der Waals surface area contributed by atoms with E-state index in [1.807, 2.05) is 6.92 Å². The van der Waals surface area contributed by atoms with E-state index in [4.69, 9.17) is 11.6 Å². The molecule has 0 aliphatic carbocycles. The van der Waals surface area contributed by atoms with Crippen molar-refractivity contribution >= 4 is 48.3 Å². The summed E-state index contributed by atoms with van der Waals surface area (Å²) in [6, 6.07) is 7.02. The number of nitrogens with zero attached hydrogens (tertiary/aromatic N) is 4. The Kier molecular flexibility index (Phi) is 6.51. The fourth-order valence-corrected chi connectivity index (χ4v) is 3.41. The number of rotatable bonds is 3. The summed E-state index contributed by atoms with van der Waals surface area (Å²) >= 11 is 5.78. The molecule has 1 N–H and O–H groups in total. The minimum Gasteiger partial charge on any atom is -0.317 e. The first-order chi connectivity index (χ1) is 14.6. The van der Waals surface area contributed by atoms with Gasteiger partial charge in [0.25, 0.3) is 11.8 Å². The molecule has 4 rings (SSSR count). The Morgan fingerprint density at radius 3 is 2.44 bits per heavy atom. The van der Waals surface area contributed by atoms with Gasteiger partial charge in [-0.25, -0.2) is 4.98 Å². The van der Waals surface area contributed by atoms with Gasteiger partial charge in [0.05, 0.1) is 28.5 Å². The van der Waals surface area contributed by atoms with Crippen molar-refractivity contribution in [3.63, 3.8) is 0 Å². The predicted molar refractivity (Wildman–Crippen MR) is 118 cm³/mol. The molecule has 7 nitrogen and oxygen atoms in total. The van der Waals surface area contributed by atoms with Crippen LogP contribution in [-0.2, 0) is 6.18 Å². The van der Waals surface area contributed by atoms with Crippen LogP contribution < -0.4 is 10.2 Å². The molecule has 2 amide bonds. The van der Waals surface area contributed by atoms with Gasteiger partial charge < -0.3 is 10.2 Å². The molecule has 1 atom stereocenters. The number of aromatic nitrogens is 3. The molecular formula is C20H17ClF3N5O2S. The summed E-state index contributed by atoms with van der Waals surface area (Å²) in [5.74, 6) is -1.05. The van der Waals surface area contributed by atoms with Crippen molar-refractivity contribution < 1.29 is 22.8 Å². The number of carbonyl (C=O) groups is 2. The van der Waals surface area contributed by atoms with Gasteiger partial charge in [-0.2, -0.15) is 31.8 Å². The predicted octanol–water partition coefficient (Wildman–Crippen LogP) is 4.54. The van der Waals surface area contributed by atoms with Gasteiger partial charge in [-0.05, 0) is 43.3 Å². The Morgan fingerprint density at radius 1 is 1.16 bits per heavy atom. The van der Waals surface area contributed by atoms with Gasteiger partial charge in [-0.3, -0.25) is 14.3 Å². The molecule has 0 unspecified atom stereocenters. The number of benzene rings is 1. The second-order valence-corrected chi connectivity index (χ2v) is 7.41. The highest BCUT2D eigenvalue weighted by atomic mass is 35.5. The number of pyridine rings is 1. The molecule has 3 heterocycles. The van der Waals surface area contributed by atoms with E-state index >= 15 is 0 Å². The van der Waals surface area contributed by atoms with E-state index in [1.165, 1.54) is 46.2 Å². The number of fused-ring (bicyclic) bond motifs is 1. The summed E-state index contributed by atoms with van der Waals surface area (Å²) < 4.78 is 40.0. The van der Waals surface area contributed by atoms with E-state index in [0.717, 1.165) is 12.1 Å². The van der Waals surface area contributed by atoms with E-state index in [1.54, 1.807) is 0 Å². The minimum absolute atomic E-state index is 0. The molecule has 1 aromatic carbocycles. The SMILES string of the molecule is C[C@H]1CN(c2ccc(C(F)(F)F)cc2)C(=O)c2c(NC(=O)c3ccc(Cl)cn3)cnn21.S. The summed E-state index contributed by atoms with van der Waals surface area (Å²) in [5.41, 5.74) is -0.0902.